The molecule has 0 aliphatic heterocycles. The summed E-state index contributed by atoms with van der Waals surface area (Å²) in [6, 6.07) is 5.92. The van der Waals surface area contributed by atoms with E-state index in [9.17, 15) is 4.79 Å². The first-order valence-electron chi connectivity index (χ1n) is 8.26. The summed E-state index contributed by atoms with van der Waals surface area (Å²) < 4.78 is 5.80. The van der Waals surface area contributed by atoms with E-state index in [1.165, 1.54) is 36.8 Å². The Kier molecular flexibility index (Phi) is 6.05. The van der Waals surface area contributed by atoms with Gasteiger partial charge in [0.1, 0.15) is 5.75 Å². The van der Waals surface area contributed by atoms with Crippen LogP contribution in [0.4, 0.5) is 0 Å². The van der Waals surface area contributed by atoms with Gasteiger partial charge in [-0.3, -0.25) is 4.79 Å². The maximum Gasteiger partial charge on any atom is 0.260 e. The highest BCUT2D eigenvalue weighted by Gasteiger charge is 2.15. The Morgan fingerprint density at radius 2 is 2.14 bits per heavy atom. The van der Waals surface area contributed by atoms with Crippen LogP contribution in [0.25, 0.3) is 0 Å². The van der Waals surface area contributed by atoms with Gasteiger partial charge < -0.3 is 10.1 Å². The number of amides is 1. The number of aryl methyl sites for hydroxylation is 1. The van der Waals surface area contributed by atoms with Gasteiger partial charge in [-0.25, -0.2) is 0 Å². The molecule has 1 aliphatic carbocycles. The summed E-state index contributed by atoms with van der Waals surface area (Å²) in [6.07, 6.45) is 7.77. The summed E-state index contributed by atoms with van der Waals surface area (Å²) >= 11 is 0. The van der Waals surface area contributed by atoms with Crippen LogP contribution in [0.3, 0.4) is 0 Å². The number of carbonyl (C=O) groups excluding carboxylic acids is 1. The lowest BCUT2D eigenvalue weighted by Gasteiger charge is -2.18. The fourth-order valence-corrected chi connectivity index (χ4v) is 2.72. The number of ether oxygens (including phenoxy) is 1. The zero-order valence-corrected chi connectivity index (χ0v) is 13.9. The fourth-order valence-electron chi connectivity index (χ4n) is 2.72. The van der Waals surface area contributed by atoms with Gasteiger partial charge in [-0.2, -0.15) is 0 Å². The maximum absolute atomic E-state index is 12.1. The van der Waals surface area contributed by atoms with Crippen molar-refractivity contribution in [2.24, 2.45) is 0 Å². The molecule has 22 heavy (non-hydrogen) atoms. The molecule has 0 bridgehead atoms. The fraction of sp³-hybridized carbons (Fsp3) is 0.526. The predicted octanol–water partition coefficient (Wildman–Crippen LogP) is 4.08. The van der Waals surface area contributed by atoms with Crippen molar-refractivity contribution in [3.63, 3.8) is 0 Å². The number of nitrogens with one attached hydrogen (secondary N) is 1. The molecule has 1 aromatic carbocycles. The van der Waals surface area contributed by atoms with Crippen LogP contribution in [0.1, 0.15) is 50.2 Å². The molecule has 0 spiro atoms. The minimum absolute atomic E-state index is 0.0442. The molecule has 0 saturated heterocycles. The monoisotopic (exact) mass is 301 g/mol. The van der Waals surface area contributed by atoms with Gasteiger partial charge >= 0.3 is 0 Å². The Morgan fingerprint density at radius 3 is 2.86 bits per heavy atom. The van der Waals surface area contributed by atoms with E-state index in [0.717, 1.165) is 17.7 Å². The average Bonchev–Trinajstić information content (AvgIpc) is 2.52. The summed E-state index contributed by atoms with van der Waals surface area (Å²) in [5.74, 6) is 0.745. The molecular weight excluding hydrogens is 274 g/mol. The molecule has 0 radical (unpaired) electrons. The molecule has 0 unspecified atom stereocenters. The second-order valence-electron chi connectivity index (χ2n) is 6.11. The van der Waals surface area contributed by atoms with Crippen LogP contribution in [0.5, 0.6) is 5.75 Å². The van der Waals surface area contributed by atoms with Crippen LogP contribution in [0, 0.1) is 13.8 Å². The Bertz CT molecular complexity index is 548. The SMILES string of the molecule is Cc1cccc(O[C@@H](C)C(=O)NCCC2=CCCCC2)c1C. The largest absolute Gasteiger partial charge is 0.481 e. The minimum Gasteiger partial charge on any atom is -0.481 e. The summed E-state index contributed by atoms with van der Waals surface area (Å²) in [7, 11) is 0. The third-order valence-electron chi connectivity index (χ3n) is 4.36. The van der Waals surface area contributed by atoms with E-state index in [2.05, 4.69) is 11.4 Å². The molecule has 3 nitrogen and oxygen atoms in total. The smallest absolute Gasteiger partial charge is 0.260 e. The molecule has 1 N–H and O–H groups in total. The molecule has 2 rings (SSSR count). The molecule has 0 aromatic heterocycles. The molecule has 120 valence electrons. The first kappa shape index (κ1) is 16.6. The van der Waals surface area contributed by atoms with Crippen LogP contribution in [-0.2, 0) is 4.79 Å². The van der Waals surface area contributed by atoms with Crippen LogP contribution >= 0.6 is 0 Å². The van der Waals surface area contributed by atoms with E-state index in [1.54, 1.807) is 6.92 Å². The lowest BCUT2D eigenvalue weighted by atomic mass is 9.97. The van der Waals surface area contributed by atoms with Crippen LogP contribution < -0.4 is 10.1 Å². The van der Waals surface area contributed by atoms with E-state index in [4.69, 9.17) is 4.74 Å². The third kappa shape index (κ3) is 4.62. The molecule has 3 heteroatoms. The molecule has 1 atom stereocenters. The minimum atomic E-state index is -0.471. The van der Waals surface area contributed by atoms with Gasteiger partial charge in [-0.05, 0) is 70.1 Å². The van der Waals surface area contributed by atoms with Gasteiger partial charge in [-0.15, -0.1) is 0 Å². The molecular formula is C19H27NO2. The summed E-state index contributed by atoms with van der Waals surface area (Å²) in [5, 5.41) is 2.98. The first-order chi connectivity index (χ1) is 10.6. The summed E-state index contributed by atoms with van der Waals surface area (Å²) in [5.41, 5.74) is 3.75. The van der Waals surface area contributed by atoms with Gasteiger partial charge in [0, 0.05) is 6.54 Å². The van der Waals surface area contributed by atoms with Crippen LogP contribution in [0.2, 0.25) is 0 Å². The quantitative estimate of drug-likeness (QED) is 0.804. The highest BCUT2D eigenvalue weighted by atomic mass is 16.5. The van der Waals surface area contributed by atoms with Crippen LogP contribution in [0.15, 0.2) is 29.8 Å². The highest BCUT2D eigenvalue weighted by Crippen LogP contribution is 2.22. The Hall–Kier alpha value is -1.77. The van der Waals surface area contributed by atoms with E-state index in [0.29, 0.717) is 6.54 Å². The van der Waals surface area contributed by atoms with Gasteiger partial charge in [0.05, 0.1) is 0 Å². The number of hydrogen-bond donors (Lipinski definition) is 1. The van der Waals surface area contributed by atoms with Gasteiger partial charge in [0.2, 0.25) is 0 Å². The second-order valence-corrected chi connectivity index (χ2v) is 6.11. The molecule has 1 amide bonds. The number of allylic oxidation sites excluding steroid dienone is 1. The third-order valence-corrected chi connectivity index (χ3v) is 4.36. The molecule has 0 saturated carbocycles. The van der Waals surface area contributed by atoms with Gasteiger partial charge in [-0.1, -0.05) is 23.8 Å². The Labute approximate surface area is 133 Å². The number of hydrogen-bond acceptors (Lipinski definition) is 2. The molecule has 0 fully saturated rings. The lowest BCUT2D eigenvalue weighted by molar-refractivity contribution is -0.127. The maximum atomic E-state index is 12.1. The normalized spacial score (nSPS) is 15.9. The standard InChI is InChI=1S/C19H27NO2/c1-14-8-7-11-18(15(14)2)22-16(3)19(21)20-13-12-17-9-5-4-6-10-17/h7-9,11,16H,4-6,10,12-13H2,1-3H3,(H,20,21)/t16-/m0/s1. The van der Waals surface area contributed by atoms with Crippen molar-refractivity contribution >= 4 is 5.91 Å². The number of benzene rings is 1. The Balaban J connectivity index is 1.79. The van der Waals surface area contributed by atoms with Crippen molar-refractivity contribution in [1.82, 2.24) is 5.32 Å². The van der Waals surface area contributed by atoms with Crippen molar-refractivity contribution in [2.45, 2.75) is 59.0 Å². The molecule has 1 aliphatic rings. The number of carbonyl (C=O) groups is 1. The van der Waals surface area contributed by atoms with E-state index < -0.39 is 6.10 Å². The molecule has 1 aromatic rings. The van der Waals surface area contributed by atoms with Crippen molar-refractivity contribution in [2.75, 3.05) is 6.54 Å². The van der Waals surface area contributed by atoms with Crippen LogP contribution in [-0.4, -0.2) is 18.6 Å². The average molecular weight is 301 g/mol. The number of rotatable bonds is 6. The van der Waals surface area contributed by atoms with Crippen molar-refractivity contribution < 1.29 is 9.53 Å². The zero-order valence-electron chi connectivity index (χ0n) is 13.9. The second kappa shape index (κ2) is 8.02. The van der Waals surface area contributed by atoms with E-state index in [-0.39, 0.29) is 5.91 Å². The lowest BCUT2D eigenvalue weighted by Crippen LogP contribution is -2.37. The zero-order chi connectivity index (χ0) is 15.9. The van der Waals surface area contributed by atoms with Crippen molar-refractivity contribution in [3.05, 3.63) is 41.0 Å². The summed E-state index contributed by atoms with van der Waals surface area (Å²) in [4.78, 5) is 12.1. The van der Waals surface area contributed by atoms with Gasteiger partial charge in [0.25, 0.3) is 5.91 Å². The van der Waals surface area contributed by atoms with Gasteiger partial charge in [0.15, 0.2) is 6.10 Å². The van der Waals surface area contributed by atoms with Crippen molar-refractivity contribution in [3.8, 4) is 5.75 Å². The molecule has 0 heterocycles. The highest BCUT2D eigenvalue weighted by molar-refractivity contribution is 5.80. The van der Waals surface area contributed by atoms with Crippen molar-refractivity contribution in [1.29, 1.82) is 0 Å². The Morgan fingerprint density at radius 1 is 1.32 bits per heavy atom. The van der Waals surface area contributed by atoms with E-state index >= 15 is 0 Å². The predicted molar refractivity (Wildman–Crippen MR) is 90.2 cm³/mol. The van der Waals surface area contributed by atoms with E-state index in [1.807, 2.05) is 32.0 Å². The first-order valence-corrected chi connectivity index (χ1v) is 8.26. The summed E-state index contributed by atoms with van der Waals surface area (Å²) in [6.45, 7) is 6.57. The topological polar surface area (TPSA) is 38.3 Å².